The predicted molar refractivity (Wildman–Crippen MR) is 152 cm³/mol. The smallest absolute Gasteiger partial charge is 0.334 e. The Kier molecular flexibility index (Phi) is 7.17. The molecule has 1 saturated heterocycles. The lowest BCUT2D eigenvalue weighted by Gasteiger charge is -2.29. The summed E-state index contributed by atoms with van der Waals surface area (Å²) in [5.74, 6) is 0.0570. The number of carbonyl (C=O) groups excluding carboxylic acids is 3. The average Bonchev–Trinajstić information content (AvgIpc) is 3.32. The lowest BCUT2D eigenvalue weighted by molar-refractivity contribution is -0.384. The van der Waals surface area contributed by atoms with Crippen LogP contribution in [-0.2, 0) is 4.79 Å². The number of nitrogens with zero attached hydrogens (tertiary/aromatic N) is 2. The number of hydrogen-bond acceptors (Lipinski definition) is 7. The van der Waals surface area contributed by atoms with Gasteiger partial charge in [-0.3, -0.25) is 29.9 Å². The Labute approximate surface area is 234 Å². The number of carbonyl (C=O) groups is 3. The summed E-state index contributed by atoms with van der Waals surface area (Å²) < 4.78 is 5.80. The molecule has 198 valence electrons. The van der Waals surface area contributed by atoms with Gasteiger partial charge in [-0.05, 0) is 66.1 Å². The van der Waals surface area contributed by atoms with Crippen LogP contribution in [-0.4, -0.2) is 27.6 Å². The number of nitro benzene ring substituents is 1. The number of nitro groups is 1. The van der Waals surface area contributed by atoms with Crippen LogP contribution in [0.3, 0.4) is 0 Å². The molecule has 10 heteroatoms. The Balaban J connectivity index is 1.40. The number of amides is 3. The van der Waals surface area contributed by atoms with Crippen LogP contribution in [0.5, 0.6) is 11.5 Å². The maximum absolute atomic E-state index is 13.3. The second kappa shape index (κ2) is 10.9. The van der Waals surface area contributed by atoms with Crippen LogP contribution in [0.25, 0.3) is 0 Å². The van der Waals surface area contributed by atoms with Gasteiger partial charge < -0.3 is 4.74 Å². The number of anilines is 1. The molecule has 1 unspecified atom stereocenters. The second-order valence-electron chi connectivity index (χ2n) is 9.06. The molecule has 40 heavy (non-hydrogen) atoms. The van der Waals surface area contributed by atoms with Gasteiger partial charge in [-0.25, -0.2) is 4.79 Å². The lowest BCUT2D eigenvalue weighted by Crippen LogP contribution is -2.53. The first-order valence-electron chi connectivity index (χ1n) is 12.2. The number of thiocarbonyl (C=S) groups is 1. The van der Waals surface area contributed by atoms with Crippen molar-refractivity contribution in [2.45, 2.75) is 6.92 Å². The van der Waals surface area contributed by atoms with Gasteiger partial charge in [0.15, 0.2) is 5.78 Å². The Morgan fingerprint density at radius 3 is 2.27 bits per heavy atom. The Morgan fingerprint density at radius 1 is 0.975 bits per heavy atom. The minimum atomic E-state index is -0.699. The Bertz CT molecular complexity index is 1640. The monoisotopic (exact) mass is 551 g/mol. The molecule has 1 heterocycles. The molecule has 1 aliphatic carbocycles. The number of hydrogen-bond donors (Lipinski definition) is 1. The highest BCUT2D eigenvalue weighted by atomic mass is 32.1. The number of non-ortho nitro benzene ring substituents is 1. The number of Topliss-reactive ketones (excluding diaryl/α,β-unsaturated/α-hetero) is 1. The number of urea groups is 1. The maximum Gasteiger partial charge on any atom is 0.334 e. The van der Waals surface area contributed by atoms with Gasteiger partial charge in [0.1, 0.15) is 16.5 Å². The fourth-order valence-electron chi connectivity index (χ4n) is 4.34. The van der Waals surface area contributed by atoms with Gasteiger partial charge in [0.2, 0.25) is 0 Å². The summed E-state index contributed by atoms with van der Waals surface area (Å²) >= 11 is 5.57. The molecule has 5 rings (SSSR count). The molecule has 1 fully saturated rings. The van der Waals surface area contributed by atoms with E-state index in [1.807, 2.05) is 37.3 Å². The van der Waals surface area contributed by atoms with E-state index in [1.165, 1.54) is 35.2 Å². The van der Waals surface area contributed by atoms with Crippen molar-refractivity contribution < 1.29 is 24.0 Å². The zero-order valence-corrected chi connectivity index (χ0v) is 21.9. The minimum Gasteiger partial charge on any atom is -0.457 e. The van der Waals surface area contributed by atoms with Crippen LogP contribution in [0.1, 0.15) is 17.3 Å². The third kappa shape index (κ3) is 5.33. The molecule has 2 aliphatic rings. The number of ketones is 1. The molecule has 1 N–H and O–H groups in total. The van der Waals surface area contributed by atoms with Gasteiger partial charge in [-0.1, -0.05) is 49.5 Å². The van der Waals surface area contributed by atoms with Crippen molar-refractivity contribution in [3.63, 3.8) is 0 Å². The molecule has 0 radical (unpaired) electrons. The summed E-state index contributed by atoms with van der Waals surface area (Å²) in [6, 6.07) is 20.5. The maximum atomic E-state index is 13.3. The molecule has 3 aromatic rings. The van der Waals surface area contributed by atoms with Gasteiger partial charge in [-0.2, -0.15) is 0 Å². The van der Waals surface area contributed by atoms with Crippen molar-refractivity contribution >= 4 is 46.3 Å². The van der Waals surface area contributed by atoms with Crippen LogP contribution in [0.15, 0.2) is 114 Å². The van der Waals surface area contributed by atoms with E-state index in [4.69, 9.17) is 17.0 Å². The molecular formula is C30H21N3O6S. The molecule has 3 amide bonds. The zero-order valence-electron chi connectivity index (χ0n) is 21.1. The van der Waals surface area contributed by atoms with E-state index in [-0.39, 0.29) is 33.5 Å². The van der Waals surface area contributed by atoms with Crippen molar-refractivity contribution in [2.24, 2.45) is 5.92 Å². The number of nitrogens with one attached hydrogen (secondary N) is 1. The number of benzene rings is 3. The molecule has 0 aromatic heterocycles. The topological polar surface area (TPSA) is 119 Å². The number of para-hydroxylation sites is 1. The largest absolute Gasteiger partial charge is 0.457 e. The summed E-state index contributed by atoms with van der Waals surface area (Å²) in [7, 11) is 0. The fraction of sp³-hybridized carbons (Fsp3) is 0.0667. The van der Waals surface area contributed by atoms with Gasteiger partial charge in [-0.15, -0.1) is 0 Å². The van der Waals surface area contributed by atoms with Gasteiger partial charge in [0.05, 0.1) is 16.2 Å². The summed E-state index contributed by atoms with van der Waals surface area (Å²) in [5, 5.41) is 13.3. The Hall–Kier alpha value is -5.22. The number of rotatable bonds is 7. The van der Waals surface area contributed by atoms with E-state index in [9.17, 15) is 24.5 Å². The first kappa shape index (κ1) is 26.4. The van der Waals surface area contributed by atoms with Crippen LogP contribution in [0.4, 0.5) is 16.2 Å². The molecular weight excluding hydrogens is 530 g/mol. The van der Waals surface area contributed by atoms with Crippen LogP contribution < -0.4 is 15.0 Å². The van der Waals surface area contributed by atoms with Gasteiger partial charge in [0.25, 0.3) is 11.6 Å². The minimum absolute atomic E-state index is 0.0203. The average molecular weight is 552 g/mol. The second-order valence-corrected chi connectivity index (χ2v) is 9.45. The SMILES string of the molecule is CC1C=C(C=C2C(=O)NC(=O)N(c3ccc(Oc4ccccc4)cc3)C2=S)C(C(=O)c2ccc([N+](=O)[O-])cc2)=C1. The van der Waals surface area contributed by atoms with Crippen molar-refractivity contribution in [3.05, 3.63) is 129 Å². The first-order chi connectivity index (χ1) is 19.2. The molecule has 1 aliphatic heterocycles. The van der Waals surface area contributed by atoms with E-state index < -0.39 is 16.9 Å². The van der Waals surface area contributed by atoms with E-state index in [1.54, 1.807) is 36.4 Å². The highest BCUT2D eigenvalue weighted by Gasteiger charge is 2.35. The fourth-order valence-corrected chi connectivity index (χ4v) is 4.68. The van der Waals surface area contributed by atoms with Crippen LogP contribution in [0, 0.1) is 16.0 Å². The van der Waals surface area contributed by atoms with Gasteiger partial charge >= 0.3 is 6.03 Å². The Morgan fingerprint density at radius 2 is 1.62 bits per heavy atom. The summed E-state index contributed by atoms with van der Waals surface area (Å²) in [4.78, 5) is 50.5. The third-order valence-corrected chi connectivity index (χ3v) is 6.65. The molecule has 3 aromatic carbocycles. The number of allylic oxidation sites excluding steroid dienone is 5. The van der Waals surface area contributed by atoms with E-state index in [0.717, 1.165) is 0 Å². The lowest BCUT2D eigenvalue weighted by atomic mass is 9.96. The molecule has 1 atom stereocenters. The highest BCUT2D eigenvalue weighted by molar-refractivity contribution is 7.81. The predicted octanol–water partition coefficient (Wildman–Crippen LogP) is 6.08. The van der Waals surface area contributed by atoms with Crippen LogP contribution in [0.2, 0.25) is 0 Å². The van der Waals surface area contributed by atoms with Crippen molar-refractivity contribution in [3.8, 4) is 11.5 Å². The normalized spacial score (nSPS) is 17.8. The summed E-state index contributed by atoms with van der Waals surface area (Å²) in [5.41, 5.74) is 1.40. The van der Waals surface area contributed by atoms with E-state index in [2.05, 4.69) is 5.32 Å². The molecule has 0 saturated carbocycles. The standard InChI is InChI=1S/C30H21N3O6S/c1-18-15-20(25(16-18)27(34)19-7-9-22(10-8-19)33(37)38)17-26-28(35)31-30(36)32(29(26)40)21-11-13-24(14-12-21)39-23-5-3-2-4-6-23/h2-18H,1H3,(H,31,35,36). The van der Waals surface area contributed by atoms with E-state index >= 15 is 0 Å². The number of imide groups is 1. The first-order valence-corrected chi connectivity index (χ1v) is 12.6. The summed E-state index contributed by atoms with van der Waals surface area (Å²) in [6.45, 7) is 1.88. The third-order valence-electron chi connectivity index (χ3n) is 6.24. The van der Waals surface area contributed by atoms with Crippen molar-refractivity contribution in [1.82, 2.24) is 5.32 Å². The molecule has 0 spiro atoms. The van der Waals surface area contributed by atoms with Crippen molar-refractivity contribution in [2.75, 3.05) is 4.90 Å². The molecule has 9 nitrogen and oxygen atoms in total. The van der Waals surface area contributed by atoms with Crippen LogP contribution >= 0.6 is 12.2 Å². The highest BCUT2D eigenvalue weighted by Crippen LogP contribution is 2.32. The quantitative estimate of drug-likeness (QED) is 0.124. The number of ether oxygens (including phenoxy) is 1. The van der Waals surface area contributed by atoms with Gasteiger partial charge in [0, 0.05) is 23.3 Å². The van der Waals surface area contributed by atoms with Crippen molar-refractivity contribution in [1.29, 1.82) is 0 Å². The summed E-state index contributed by atoms with van der Waals surface area (Å²) in [6.07, 6.45) is 5.04. The van der Waals surface area contributed by atoms with E-state index in [0.29, 0.717) is 28.3 Å². The zero-order chi connectivity index (χ0) is 28.4. The molecule has 0 bridgehead atoms.